The van der Waals surface area contributed by atoms with Gasteiger partial charge in [0.15, 0.2) is 0 Å². The molecule has 4 nitrogen and oxygen atoms in total. The van der Waals surface area contributed by atoms with Gasteiger partial charge in [0, 0.05) is 24.8 Å². The smallest absolute Gasteiger partial charge is 0.144 e. The minimum absolute atomic E-state index is 0.684. The number of pyridine rings is 1. The molecule has 0 aromatic carbocycles. The van der Waals surface area contributed by atoms with Crippen molar-refractivity contribution in [1.29, 1.82) is 5.26 Å². The highest BCUT2D eigenvalue weighted by molar-refractivity contribution is 5.55. The highest BCUT2D eigenvalue weighted by Gasteiger charge is 2.38. The van der Waals surface area contributed by atoms with Crippen molar-refractivity contribution in [1.82, 2.24) is 9.88 Å². The molecule has 1 aromatic rings. The van der Waals surface area contributed by atoms with Gasteiger partial charge in [-0.1, -0.05) is 0 Å². The van der Waals surface area contributed by atoms with Gasteiger partial charge in [-0.3, -0.25) is 0 Å². The van der Waals surface area contributed by atoms with E-state index in [1.807, 2.05) is 13.0 Å². The number of fused-ring (bicyclic) bond motifs is 2. The van der Waals surface area contributed by atoms with Crippen LogP contribution < -0.4 is 5.32 Å². The summed E-state index contributed by atoms with van der Waals surface area (Å²) >= 11 is 0. The maximum absolute atomic E-state index is 9.23. The van der Waals surface area contributed by atoms with Crippen molar-refractivity contribution in [2.45, 2.75) is 44.7 Å². The lowest BCUT2D eigenvalue weighted by atomic mass is 9.91. The number of hydrogen-bond acceptors (Lipinski definition) is 4. The zero-order valence-electron chi connectivity index (χ0n) is 12.3. The number of anilines is 1. The van der Waals surface area contributed by atoms with Crippen LogP contribution >= 0.6 is 0 Å². The van der Waals surface area contributed by atoms with E-state index in [1.54, 1.807) is 6.20 Å². The maximum Gasteiger partial charge on any atom is 0.144 e. The molecule has 2 fully saturated rings. The number of aromatic nitrogens is 1. The molecule has 0 amide bonds. The average Bonchev–Trinajstić information content (AvgIpc) is 2.66. The van der Waals surface area contributed by atoms with Crippen LogP contribution in [0, 0.1) is 24.2 Å². The molecule has 20 heavy (non-hydrogen) atoms. The Kier molecular flexibility index (Phi) is 3.62. The third-order valence-corrected chi connectivity index (χ3v) is 5.03. The van der Waals surface area contributed by atoms with E-state index in [0.29, 0.717) is 11.5 Å². The van der Waals surface area contributed by atoms with E-state index in [1.165, 1.54) is 25.7 Å². The molecule has 2 aliphatic heterocycles. The van der Waals surface area contributed by atoms with Crippen molar-refractivity contribution in [2.75, 3.05) is 18.9 Å². The van der Waals surface area contributed by atoms with Crippen LogP contribution in [-0.4, -0.2) is 35.6 Å². The number of piperidine rings is 1. The standard InChI is InChI=1S/C16H22N4/c1-11-5-6-18-16(15(11)9-17)19-10-12-7-13-3-4-14(8-12)20(13)2/h5-6,12-14H,3-4,7-8,10H2,1-2H3,(H,18,19). The fourth-order valence-electron chi connectivity index (χ4n) is 3.77. The second kappa shape index (κ2) is 5.41. The Bertz CT molecular complexity index is 520. The van der Waals surface area contributed by atoms with Gasteiger partial charge >= 0.3 is 0 Å². The average molecular weight is 270 g/mol. The van der Waals surface area contributed by atoms with Crippen molar-refractivity contribution in [3.63, 3.8) is 0 Å². The zero-order chi connectivity index (χ0) is 14.1. The van der Waals surface area contributed by atoms with Crippen LogP contribution in [0.25, 0.3) is 0 Å². The van der Waals surface area contributed by atoms with Crippen LogP contribution in [0.3, 0.4) is 0 Å². The molecule has 2 aliphatic rings. The number of hydrogen-bond donors (Lipinski definition) is 1. The molecular weight excluding hydrogens is 248 g/mol. The Hall–Kier alpha value is -1.60. The summed E-state index contributed by atoms with van der Waals surface area (Å²) in [5, 5.41) is 12.6. The Morgan fingerprint density at radius 3 is 2.75 bits per heavy atom. The Balaban J connectivity index is 1.64. The predicted octanol–water partition coefficient (Wildman–Crippen LogP) is 2.55. The number of nitriles is 1. The molecule has 0 saturated carbocycles. The summed E-state index contributed by atoms with van der Waals surface area (Å²) in [5.74, 6) is 1.45. The molecule has 3 rings (SSSR count). The monoisotopic (exact) mass is 270 g/mol. The first kappa shape index (κ1) is 13.4. The predicted molar refractivity (Wildman–Crippen MR) is 79.5 cm³/mol. The third-order valence-electron chi connectivity index (χ3n) is 5.03. The van der Waals surface area contributed by atoms with E-state index in [4.69, 9.17) is 0 Å². The quantitative estimate of drug-likeness (QED) is 0.917. The second-order valence-electron chi connectivity index (χ2n) is 6.23. The summed E-state index contributed by atoms with van der Waals surface area (Å²) < 4.78 is 0. The van der Waals surface area contributed by atoms with Gasteiger partial charge in [0.2, 0.25) is 0 Å². The van der Waals surface area contributed by atoms with Crippen molar-refractivity contribution >= 4 is 5.82 Å². The third kappa shape index (κ3) is 2.38. The number of nitrogens with zero attached hydrogens (tertiary/aromatic N) is 3. The van der Waals surface area contributed by atoms with Crippen molar-refractivity contribution < 1.29 is 0 Å². The SMILES string of the molecule is Cc1ccnc(NCC2CC3CCC(C2)N3C)c1C#N. The summed E-state index contributed by atoms with van der Waals surface area (Å²) in [4.78, 5) is 6.88. The first-order valence-corrected chi connectivity index (χ1v) is 7.50. The van der Waals surface area contributed by atoms with Crippen LogP contribution in [-0.2, 0) is 0 Å². The minimum Gasteiger partial charge on any atom is -0.369 e. The lowest BCUT2D eigenvalue weighted by Crippen LogP contribution is -2.41. The second-order valence-corrected chi connectivity index (χ2v) is 6.23. The van der Waals surface area contributed by atoms with Gasteiger partial charge < -0.3 is 10.2 Å². The maximum atomic E-state index is 9.23. The number of aryl methyl sites for hydroxylation is 1. The van der Waals surface area contributed by atoms with Crippen LogP contribution in [0.2, 0.25) is 0 Å². The molecule has 3 heterocycles. The topological polar surface area (TPSA) is 52.0 Å². The van der Waals surface area contributed by atoms with Gasteiger partial charge in [-0.25, -0.2) is 4.98 Å². The van der Waals surface area contributed by atoms with Crippen molar-refractivity contribution in [2.24, 2.45) is 5.92 Å². The molecule has 2 atom stereocenters. The van der Waals surface area contributed by atoms with E-state index < -0.39 is 0 Å². The van der Waals surface area contributed by atoms with E-state index in [2.05, 4.69) is 28.3 Å². The van der Waals surface area contributed by atoms with E-state index in [-0.39, 0.29) is 0 Å². The lowest BCUT2D eigenvalue weighted by molar-refractivity contribution is 0.139. The Morgan fingerprint density at radius 2 is 2.10 bits per heavy atom. The Morgan fingerprint density at radius 1 is 1.40 bits per heavy atom. The van der Waals surface area contributed by atoms with Gasteiger partial charge in [0.05, 0.1) is 5.56 Å². The van der Waals surface area contributed by atoms with E-state index >= 15 is 0 Å². The summed E-state index contributed by atoms with van der Waals surface area (Å²) in [7, 11) is 2.27. The van der Waals surface area contributed by atoms with Gasteiger partial charge in [0.1, 0.15) is 11.9 Å². The summed E-state index contributed by atoms with van der Waals surface area (Å²) in [5.41, 5.74) is 1.68. The molecule has 0 radical (unpaired) electrons. The highest BCUT2D eigenvalue weighted by Crippen LogP contribution is 2.37. The molecule has 0 spiro atoms. The van der Waals surface area contributed by atoms with E-state index in [0.717, 1.165) is 30.0 Å². The van der Waals surface area contributed by atoms with Crippen molar-refractivity contribution in [3.8, 4) is 6.07 Å². The first-order chi connectivity index (χ1) is 9.69. The minimum atomic E-state index is 0.684. The molecule has 2 saturated heterocycles. The molecule has 106 valence electrons. The largest absolute Gasteiger partial charge is 0.369 e. The summed E-state index contributed by atoms with van der Waals surface area (Å²) in [6.45, 7) is 2.90. The number of nitrogens with one attached hydrogen (secondary N) is 1. The summed E-state index contributed by atoms with van der Waals surface area (Å²) in [6, 6.07) is 5.67. The van der Waals surface area contributed by atoms with Gasteiger partial charge in [-0.15, -0.1) is 0 Å². The van der Waals surface area contributed by atoms with Gasteiger partial charge in [-0.2, -0.15) is 5.26 Å². The van der Waals surface area contributed by atoms with Crippen LogP contribution in [0.4, 0.5) is 5.82 Å². The normalized spacial score (nSPS) is 29.1. The van der Waals surface area contributed by atoms with E-state index in [9.17, 15) is 5.26 Å². The molecule has 2 unspecified atom stereocenters. The first-order valence-electron chi connectivity index (χ1n) is 7.50. The fourth-order valence-corrected chi connectivity index (χ4v) is 3.77. The molecule has 0 aliphatic carbocycles. The highest BCUT2D eigenvalue weighted by atomic mass is 15.2. The lowest BCUT2D eigenvalue weighted by Gasteiger charge is -2.36. The molecule has 4 heteroatoms. The van der Waals surface area contributed by atoms with Gasteiger partial charge in [0.25, 0.3) is 0 Å². The van der Waals surface area contributed by atoms with Crippen molar-refractivity contribution in [3.05, 3.63) is 23.4 Å². The summed E-state index contributed by atoms with van der Waals surface area (Å²) in [6.07, 6.45) is 7.02. The fraction of sp³-hybridized carbons (Fsp3) is 0.625. The zero-order valence-corrected chi connectivity index (χ0v) is 12.3. The Labute approximate surface area is 120 Å². The van der Waals surface area contributed by atoms with Crippen LogP contribution in [0.1, 0.15) is 36.8 Å². The molecular formula is C16H22N4. The molecule has 1 N–H and O–H groups in total. The molecule has 1 aromatic heterocycles. The molecule has 2 bridgehead atoms. The van der Waals surface area contributed by atoms with Crippen LogP contribution in [0.15, 0.2) is 12.3 Å². The van der Waals surface area contributed by atoms with Gasteiger partial charge in [-0.05, 0) is 57.2 Å². The van der Waals surface area contributed by atoms with Crippen LogP contribution in [0.5, 0.6) is 0 Å². The number of rotatable bonds is 3.